The molecule has 0 aromatic heterocycles. The summed E-state index contributed by atoms with van der Waals surface area (Å²) in [6, 6.07) is 25.2. The average Bonchev–Trinajstić information content (AvgIpc) is 2.89. The number of hydrazone groups is 1. The second-order valence-electron chi connectivity index (χ2n) is 7.59. The van der Waals surface area contributed by atoms with E-state index in [4.69, 9.17) is 14.2 Å². The Balaban J connectivity index is 1.38. The molecule has 4 aromatic carbocycles. The van der Waals surface area contributed by atoms with Crippen LogP contribution in [-0.2, 0) is 4.79 Å². The first-order chi connectivity index (χ1) is 17.5. The van der Waals surface area contributed by atoms with Gasteiger partial charge >= 0.3 is 5.97 Å². The van der Waals surface area contributed by atoms with E-state index in [1.807, 2.05) is 49.4 Å². The van der Waals surface area contributed by atoms with Crippen molar-refractivity contribution in [2.24, 2.45) is 5.10 Å². The molecule has 0 saturated heterocycles. The quantitative estimate of drug-likeness (QED) is 0.125. The highest BCUT2D eigenvalue weighted by Crippen LogP contribution is 2.25. The van der Waals surface area contributed by atoms with Gasteiger partial charge < -0.3 is 14.2 Å². The topological polar surface area (TPSA) is 86.2 Å². The third kappa shape index (κ3) is 6.49. The van der Waals surface area contributed by atoms with Crippen LogP contribution in [0.15, 0.2) is 94.5 Å². The van der Waals surface area contributed by atoms with E-state index in [0.717, 1.165) is 15.2 Å². The van der Waals surface area contributed by atoms with Crippen molar-refractivity contribution in [1.82, 2.24) is 5.43 Å². The van der Waals surface area contributed by atoms with Gasteiger partial charge in [-0.15, -0.1) is 0 Å². The number of rotatable bonds is 9. The number of halogens is 1. The van der Waals surface area contributed by atoms with E-state index in [0.29, 0.717) is 35.0 Å². The number of ether oxygens (including phenoxy) is 3. The molecule has 0 aliphatic heterocycles. The zero-order chi connectivity index (χ0) is 25.3. The van der Waals surface area contributed by atoms with Crippen LogP contribution in [0.3, 0.4) is 0 Å². The van der Waals surface area contributed by atoms with E-state index in [9.17, 15) is 9.59 Å². The normalized spacial score (nSPS) is 10.8. The van der Waals surface area contributed by atoms with Crippen molar-refractivity contribution >= 4 is 44.8 Å². The summed E-state index contributed by atoms with van der Waals surface area (Å²) in [5.74, 6) is 0.625. The van der Waals surface area contributed by atoms with Crippen LogP contribution in [0.2, 0.25) is 0 Å². The van der Waals surface area contributed by atoms with E-state index in [-0.39, 0.29) is 6.61 Å². The lowest BCUT2D eigenvalue weighted by Crippen LogP contribution is -2.24. The summed E-state index contributed by atoms with van der Waals surface area (Å²) in [5, 5.41) is 5.94. The molecule has 0 aliphatic rings. The van der Waals surface area contributed by atoms with Crippen molar-refractivity contribution in [2.75, 3.05) is 13.2 Å². The number of hydrogen-bond donors (Lipinski definition) is 1. The molecule has 0 radical (unpaired) electrons. The number of hydrogen-bond acceptors (Lipinski definition) is 6. The molecule has 36 heavy (non-hydrogen) atoms. The van der Waals surface area contributed by atoms with Gasteiger partial charge in [0.2, 0.25) is 0 Å². The third-order valence-electron chi connectivity index (χ3n) is 5.08. The summed E-state index contributed by atoms with van der Waals surface area (Å²) in [7, 11) is 0. The molecule has 0 fully saturated rings. The molecule has 1 N–H and O–H groups in total. The summed E-state index contributed by atoms with van der Waals surface area (Å²) in [6.45, 7) is 2.22. The van der Waals surface area contributed by atoms with Crippen LogP contribution in [0.25, 0.3) is 10.8 Å². The molecule has 1 amide bonds. The molecule has 4 rings (SSSR count). The molecule has 0 spiro atoms. The molecule has 0 saturated carbocycles. The van der Waals surface area contributed by atoms with Crippen LogP contribution < -0.4 is 19.6 Å². The van der Waals surface area contributed by atoms with Gasteiger partial charge in [0.15, 0.2) is 6.61 Å². The summed E-state index contributed by atoms with van der Waals surface area (Å²) in [6.07, 6.45) is 1.40. The van der Waals surface area contributed by atoms with Gasteiger partial charge in [0.1, 0.15) is 17.2 Å². The maximum absolute atomic E-state index is 12.6. The van der Waals surface area contributed by atoms with Crippen molar-refractivity contribution in [2.45, 2.75) is 6.92 Å². The predicted molar refractivity (Wildman–Crippen MR) is 142 cm³/mol. The monoisotopic (exact) mass is 546 g/mol. The summed E-state index contributed by atoms with van der Waals surface area (Å²) in [4.78, 5) is 24.9. The Morgan fingerprint density at radius 2 is 1.69 bits per heavy atom. The smallest absolute Gasteiger partial charge is 0.343 e. The van der Waals surface area contributed by atoms with Crippen molar-refractivity contribution in [1.29, 1.82) is 0 Å². The van der Waals surface area contributed by atoms with Crippen LogP contribution in [0.1, 0.15) is 22.8 Å². The van der Waals surface area contributed by atoms with E-state index in [1.165, 1.54) is 6.21 Å². The van der Waals surface area contributed by atoms with Crippen LogP contribution >= 0.6 is 15.9 Å². The highest BCUT2D eigenvalue weighted by molar-refractivity contribution is 9.10. The van der Waals surface area contributed by atoms with Crippen molar-refractivity contribution in [3.05, 3.63) is 101 Å². The summed E-state index contributed by atoms with van der Waals surface area (Å²) in [5.41, 5.74) is 3.31. The molecular weight excluding hydrogens is 524 g/mol. The van der Waals surface area contributed by atoms with Gasteiger partial charge in [-0.2, -0.15) is 5.10 Å². The van der Waals surface area contributed by atoms with E-state index < -0.39 is 11.9 Å². The number of carbonyl (C=O) groups excluding carboxylic acids is 2. The fourth-order valence-electron chi connectivity index (χ4n) is 3.40. The fraction of sp³-hybridized carbons (Fsp3) is 0.107. The van der Waals surface area contributed by atoms with Gasteiger partial charge in [0.05, 0.1) is 18.4 Å². The number of carbonyl (C=O) groups is 2. The highest BCUT2D eigenvalue weighted by Gasteiger charge is 2.12. The molecule has 0 aliphatic carbocycles. The number of fused-ring (bicyclic) bond motifs is 1. The molecular formula is C28H23BrN2O5. The van der Waals surface area contributed by atoms with Gasteiger partial charge in [-0.3, -0.25) is 4.79 Å². The van der Waals surface area contributed by atoms with Crippen LogP contribution in [0.4, 0.5) is 0 Å². The Morgan fingerprint density at radius 1 is 0.917 bits per heavy atom. The van der Waals surface area contributed by atoms with Gasteiger partial charge in [-0.25, -0.2) is 10.2 Å². The van der Waals surface area contributed by atoms with E-state index in [2.05, 4.69) is 26.5 Å². The molecule has 7 nitrogen and oxygen atoms in total. The van der Waals surface area contributed by atoms with E-state index >= 15 is 0 Å². The minimum absolute atomic E-state index is 0.205. The lowest BCUT2D eigenvalue weighted by Gasteiger charge is -2.09. The fourth-order valence-corrected chi connectivity index (χ4v) is 3.78. The first-order valence-electron chi connectivity index (χ1n) is 11.2. The number of benzene rings is 4. The Hall–Kier alpha value is -4.17. The second kappa shape index (κ2) is 12.0. The predicted octanol–water partition coefficient (Wildman–Crippen LogP) is 5.75. The Labute approximate surface area is 216 Å². The molecule has 182 valence electrons. The van der Waals surface area contributed by atoms with Gasteiger partial charge in [0.25, 0.3) is 5.91 Å². The lowest BCUT2D eigenvalue weighted by molar-refractivity contribution is -0.123. The van der Waals surface area contributed by atoms with Crippen LogP contribution in [0, 0.1) is 0 Å². The largest absolute Gasteiger partial charge is 0.494 e. The number of esters is 1. The van der Waals surface area contributed by atoms with Crippen molar-refractivity contribution in [3.8, 4) is 17.2 Å². The van der Waals surface area contributed by atoms with Crippen molar-refractivity contribution in [3.63, 3.8) is 0 Å². The Bertz CT molecular complexity index is 1400. The van der Waals surface area contributed by atoms with Gasteiger partial charge in [-0.05, 0) is 60.8 Å². The van der Waals surface area contributed by atoms with E-state index in [1.54, 1.807) is 42.5 Å². The number of nitrogens with one attached hydrogen (secondary N) is 1. The van der Waals surface area contributed by atoms with Gasteiger partial charge in [0, 0.05) is 15.4 Å². The average molecular weight is 547 g/mol. The molecule has 8 heteroatoms. The molecule has 0 heterocycles. The minimum atomic E-state index is -0.525. The number of amides is 1. The first-order valence-corrected chi connectivity index (χ1v) is 12.0. The van der Waals surface area contributed by atoms with Crippen LogP contribution in [0.5, 0.6) is 17.2 Å². The zero-order valence-corrected chi connectivity index (χ0v) is 21.0. The Morgan fingerprint density at radius 3 is 2.50 bits per heavy atom. The standard InChI is InChI=1S/C28H23BrN2O5/c1-2-34-23-13-10-20(11-14-23)28(33)36-25-15-12-22(29)16-21(25)17-30-31-27(32)18-35-26-9-5-7-19-6-3-4-8-24(19)26/h3-17H,2,18H2,1H3,(H,31,32)/b30-17+. The van der Waals surface area contributed by atoms with Gasteiger partial charge in [-0.1, -0.05) is 52.3 Å². The van der Waals surface area contributed by atoms with Crippen molar-refractivity contribution < 1.29 is 23.8 Å². The first kappa shape index (κ1) is 24.9. The summed E-state index contributed by atoms with van der Waals surface area (Å²) >= 11 is 3.40. The minimum Gasteiger partial charge on any atom is -0.494 e. The molecule has 0 atom stereocenters. The molecule has 0 unspecified atom stereocenters. The SMILES string of the molecule is CCOc1ccc(C(=O)Oc2ccc(Br)cc2/C=N/NC(=O)COc2cccc3ccccc23)cc1. The highest BCUT2D eigenvalue weighted by atomic mass is 79.9. The summed E-state index contributed by atoms with van der Waals surface area (Å²) < 4.78 is 17.4. The maximum atomic E-state index is 12.6. The second-order valence-corrected chi connectivity index (χ2v) is 8.50. The maximum Gasteiger partial charge on any atom is 0.343 e. The zero-order valence-electron chi connectivity index (χ0n) is 19.4. The molecule has 0 bridgehead atoms. The number of nitrogens with zero attached hydrogens (tertiary/aromatic N) is 1. The Kier molecular flexibility index (Phi) is 8.31. The third-order valence-corrected chi connectivity index (χ3v) is 5.57. The lowest BCUT2D eigenvalue weighted by atomic mass is 10.1. The van der Waals surface area contributed by atoms with Crippen LogP contribution in [-0.4, -0.2) is 31.3 Å². The molecule has 4 aromatic rings.